The molecule has 3 saturated carbocycles. The van der Waals surface area contributed by atoms with Gasteiger partial charge >= 0.3 is 0 Å². The van der Waals surface area contributed by atoms with E-state index in [1.807, 2.05) is 12.5 Å². The van der Waals surface area contributed by atoms with Gasteiger partial charge in [0.2, 0.25) is 0 Å². The van der Waals surface area contributed by atoms with Crippen LogP contribution in [0.2, 0.25) is 0 Å². The average molecular weight is 403 g/mol. The summed E-state index contributed by atoms with van der Waals surface area (Å²) in [7, 11) is 0. The summed E-state index contributed by atoms with van der Waals surface area (Å²) in [5, 5.41) is 18.7. The monoisotopic (exact) mass is 402 g/mol. The highest BCUT2D eigenvalue weighted by Crippen LogP contribution is 2.67. The zero-order chi connectivity index (χ0) is 20.8. The Kier molecular flexibility index (Phi) is 6.26. The number of hydrogen-bond acceptors (Lipinski definition) is 2. The van der Waals surface area contributed by atoms with E-state index in [-0.39, 0.29) is 5.92 Å². The Bertz CT molecular complexity index is 610. The fourth-order valence-corrected chi connectivity index (χ4v) is 8.79. The van der Waals surface area contributed by atoms with E-state index >= 15 is 0 Å². The van der Waals surface area contributed by atoms with Crippen LogP contribution in [-0.2, 0) is 0 Å². The van der Waals surface area contributed by atoms with Crippen LogP contribution in [0.15, 0.2) is 11.6 Å². The van der Waals surface area contributed by atoms with Crippen molar-refractivity contribution in [3.63, 3.8) is 0 Å². The minimum atomic E-state index is -1.15. The minimum absolute atomic E-state index is 0.00371. The van der Waals surface area contributed by atoms with Gasteiger partial charge in [0, 0.05) is 5.92 Å². The van der Waals surface area contributed by atoms with Crippen LogP contribution in [0.4, 0.5) is 0 Å². The molecule has 3 fully saturated rings. The molecule has 2 heteroatoms. The molecule has 4 aliphatic carbocycles. The Balaban J connectivity index is 1.43. The molecule has 8 atom stereocenters. The second-order valence-corrected chi connectivity index (χ2v) is 12.0. The van der Waals surface area contributed by atoms with Gasteiger partial charge in [-0.25, -0.2) is 0 Å². The van der Waals surface area contributed by atoms with Gasteiger partial charge in [0.1, 0.15) is 0 Å². The van der Waals surface area contributed by atoms with Gasteiger partial charge in [-0.05, 0) is 98.2 Å². The number of hydrogen-bond donors (Lipinski definition) is 2. The topological polar surface area (TPSA) is 40.5 Å². The van der Waals surface area contributed by atoms with Crippen LogP contribution >= 0.6 is 0 Å². The summed E-state index contributed by atoms with van der Waals surface area (Å²) >= 11 is 0. The van der Waals surface area contributed by atoms with Crippen molar-refractivity contribution in [2.45, 2.75) is 111 Å². The van der Waals surface area contributed by atoms with Gasteiger partial charge in [-0.15, -0.1) is 0 Å². The van der Waals surface area contributed by atoms with Crippen molar-refractivity contribution in [3.05, 3.63) is 11.6 Å². The lowest BCUT2D eigenvalue weighted by molar-refractivity contribution is -0.0814. The first-order chi connectivity index (χ1) is 13.8. The van der Waals surface area contributed by atoms with Crippen LogP contribution in [-0.4, -0.2) is 16.5 Å². The van der Waals surface area contributed by atoms with Crippen molar-refractivity contribution in [1.29, 1.82) is 0 Å². The maximum absolute atomic E-state index is 9.36. The van der Waals surface area contributed by atoms with Crippen LogP contribution in [0.5, 0.6) is 0 Å². The molecule has 0 aromatic carbocycles. The predicted octanol–water partition coefficient (Wildman–Crippen LogP) is 6.71. The van der Waals surface area contributed by atoms with E-state index in [1.54, 1.807) is 0 Å². The van der Waals surface area contributed by atoms with E-state index < -0.39 is 6.29 Å². The lowest BCUT2D eigenvalue weighted by Crippen LogP contribution is -2.50. The first-order valence-electron chi connectivity index (χ1n) is 12.8. The Morgan fingerprint density at radius 3 is 2.55 bits per heavy atom. The van der Waals surface area contributed by atoms with Crippen molar-refractivity contribution in [3.8, 4) is 0 Å². The molecular weight excluding hydrogens is 356 g/mol. The van der Waals surface area contributed by atoms with E-state index in [2.05, 4.69) is 26.8 Å². The second kappa shape index (κ2) is 8.30. The Hall–Kier alpha value is -0.340. The van der Waals surface area contributed by atoms with Crippen molar-refractivity contribution >= 4 is 0 Å². The number of aliphatic hydroxyl groups is 2. The maximum atomic E-state index is 9.36. The number of allylic oxidation sites excluding steroid dienone is 2. The summed E-state index contributed by atoms with van der Waals surface area (Å²) in [6.45, 7) is 9.74. The molecule has 4 rings (SSSR count). The second-order valence-electron chi connectivity index (χ2n) is 12.0. The van der Waals surface area contributed by atoms with E-state index in [1.165, 1.54) is 64.2 Å². The van der Waals surface area contributed by atoms with Crippen molar-refractivity contribution in [2.75, 3.05) is 0 Å². The third-order valence-electron chi connectivity index (χ3n) is 10.6. The normalized spacial score (nSPS) is 43.9. The fourth-order valence-electron chi connectivity index (χ4n) is 8.79. The molecule has 0 aromatic rings. The fraction of sp³-hybridized carbons (Fsp3) is 0.926. The largest absolute Gasteiger partial charge is 0.368 e. The summed E-state index contributed by atoms with van der Waals surface area (Å²) in [6.07, 6.45) is 17.7. The van der Waals surface area contributed by atoms with Crippen LogP contribution in [0.3, 0.4) is 0 Å². The zero-order valence-corrected chi connectivity index (χ0v) is 19.5. The number of fused-ring (bicyclic) bond motifs is 5. The van der Waals surface area contributed by atoms with Gasteiger partial charge in [0.25, 0.3) is 0 Å². The third-order valence-corrected chi connectivity index (χ3v) is 10.6. The van der Waals surface area contributed by atoms with Crippen molar-refractivity contribution < 1.29 is 10.2 Å². The number of rotatable bonds is 6. The molecule has 1 unspecified atom stereocenters. The third kappa shape index (κ3) is 3.75. The van der Waals surface area contributed by atoms with Crippen molar-refractivity contribution in [1.82, 2.24) is 0 Å². The molecule has 2 nitrogen and oxygen atoms in total. The van der Waals surface area contributed by atoms with Gasteiger partial charge in [-0.3, -0.25) is 0 Å². The summed E-state index contributed by atoms with van der Waals surface area (Å²) in [4.78, 5) is 0. The summed E-state index contributed by atoms with van der Waals surface area (Å²) < 4.78 is 0. The molecule has 0 bridgehead atoms. The van der Waals surface area contributed by atoms with Gasteiger partial charge in [0.15, 0.2) is 6.29 Å². The SMILES string of the molecule is CC(CCC[C@@H](C)[C@H]1CC[C@H]2[C@@H]3CC=C4CCCC[C@]4(C)[C@H]3CC[C@]12C)C(O)O. The molecule has 0 radical (unpaired) electrons. The quantitative estimate of drug-likeness (QED) is 0.383. The van der Waals surface area contributed by atoms with E-state index in [4.69, 9.17) is 0 Å². The van der Waals surface area contributed by atoms with Gasteiger partial charge in [-0.2, -0.15) is 0 Å². The molecular formula is C27H46O2. The standard InChI is InChI=1S/C27H46O2/c1-18(8-7-9-19(2)25(28)29)22-13-14-23-21-12-11-20-10-5-6-16-26(20,3)24(21)15-17-27(22,23)4/h11,18-19,21-25,28-29H,5-10,12-17H2,1-4H3/t18-,19?,21+,22-,23+,24+,26+,27-/m1/s1. The van der Waals surface area contributed by atoms with Crippen LogP contribution in [0.1, 0.15) is 105 Å². The van der Waals surface area contributed by atoms with Crippen LogP contribution in [0.25, 0.3) is 0 Å². The maximum Gasteiger partial charge on any atom is 0.154 e. The minimum Gasteiger partial charge on any atom is -0.368 e. The highest BCUT2D eigenvalue weighted by Gasteiger charge is 2.58. The first-order valence-corrected chi connectivity index (χ1v) is 12.8. The van der Waals surface area contributed by atoms with E-state index in [0.717, 1.165) is 42.4 Å². The molecule has 2 N–H and O–H groups in total. The first kappa shape index (κ1) is 21.9. The summed E-state index contributed by atoms with van der Waals surface area (Å²) in [5.74, 6) is 4.45. The molecule has 0 aliphatic heterocycles. The smallest absolute Gasteiger partial charge is 0.154 e. The number of aliphatic hydroxyl groups excluding tert-OH is 1. The Labute approximate surface area is 179 Å². The van der Waals surface area contributed by atoms with Gasteiger partial charge < -0.3 is 10.2 Å². The molecule has 166 valence electrons. The molecule has 29 heavy (non-hydrogen) atoms. The predicted molar refractivity (Wildman–Crippen MR) is 120 cm³/mol. The zero-order valence-electron chi connectivity index (χ0n) is 19.5. The summed E-state index contributed by atoms with van der Waals surface area (Å²) in [6, 6.07) is 0. The highest BCUT2D eigenvalue weighted by molar-refractivity contribution is 5.24. The van der Waals surface area contributed by atoms with Crippen molar-refractivity contribution in [2.24, 2.45) is 46.3 Å². The van der Waals surface area contributed by atoms with Crippen LogP contribution in [0, 0.1) is 46.3 Å². The highest BCUT2D eigenvalue weighted by atomic mass is 16.5. The van der Waals surface area contributed by atoms with Gasteiger partial charge in [0.05, 0.1) is 0 Å². The Morgan fingerprint density at radius 1 is 1.00 bits per heavy atom. The van der Waals surface area contributed by atoms with E-state index in [9.17, 15) is 10.2 Å². The lowest BCUT2D eigenvalue weighted by Gasteiger charge is -2.58. The molecule has 0 spiro atoms. The molecule has 0 amide bonds. The molecule has 4 aliphatic rings. The molecule has 0 heterocycles. The van der Waals surface area contributed by atoms with Crippen LogP contribution < -0.4 is 0 Å². The van der Waals surface area contributed by atoms with E-state index in [0.29, 0.717) is 10.8 Å². The lowest BCUT2D eigenvalue weighted by atomic mass is 9.47. The Morgan fingerprint density at radius 2 is 1.79 bits per heavy atom. The van der Waals surface area contributed by atoms with Gasteiger partial charge in [-0.1, -0.05) is 58.6 Å². The summed E-state index contributed by atoms with van der Waals surface area (Å²) in [5.41, 5.74) is 2.89. The molecule has 0 aromatic heterocycles. The average Bonchev–Trinajstić information content (AvgIpc) is 3.04. The molecule has 0 saturated heterocycles.